The molecule has 0 bridgehead atoms. The van der Waals surface area contributed by atoms with Crippen molar-refractivity contribution in [3.8, 4) is 11.4 Å². The molecular weight excluding hydrogens is 275 g/mol. The minimum atomic E-state index is -0.879. The van der Waals surface area contributed by atoms with Gasteiger partial charge in [0.05, 0.1) is 19.5 Å². The highest BCUT2D eigenvalue weighted by atomic mass is 35.5. The van der Waals surface area contributed by atoms with Crippen LogP contribution in [-0.2, 0) is 4.74 Å². The predicted molar refractivity (Wildman–Crippen MR) is 66.0 cm³/mol. The smallest absolute Gasteiger partial charge is 0.341 e. The van der Waals surface area contributed by atoms with E-state index >= 15 is 0 Å². The minimum absolute atomic E-state index is 0.0598. The zero-order chi connectivity index (χ0) is 14.0. The van der Waals surface area contributed by atoms with Gasteiger partial charge in [0.25, 0.3) is 0 Å². The number of nitrogen functional groups attached to an aromatic ring is 1. The van der Waals surface area contributed by atoms with Crippen molar-refractivity contribution in [3.05, 3.63) is 35.0 Å². The SMILES string of the molecule is COC(=O)c1cc(Cl)nc(-c2cnc(N)cn2)c1F. The Labute approximate surface area is 112 Å². The van der Waals surface area contributed by atoms with Crippen LogP contribution in [0.1, 0.15) is 10.4 Å². The maximum absolute atomic E-state index is 14.2. The maximum Gasteiger partial charge on any atom is 0.341 e. The molecule has 2 heterocycles. The second kappa shape index (κ2) is 5.15. The Hall–Kier alpha value is -2.28. The van der Waals surface area contributed by atoms with E-state index in [2.05, 4.69) is 19.7 Å². The fourth-order valence-electron chi connectivity index (χ4n) is 1.39. The van der Waals surface area contributed by atoms with Crippen LogP contribution in [0.3, 0.4) is 0 Å². The Morgan fingerprint density at radius 3 is 2.74 bits per heavy atom. The second-order valence-corrected chi connectivity index (χ2v) is 3.86. The number of pyridine rings is 1. The number of halogens is 2. The van der Waals surface area contributed by atoms with E-state index in [9.17, 15) is 9.18 Å². The molecule has 0 radical (unpaired) electrons. The fourth-order valence-corrected chi connectivity index (χ4v) is 1.58. The zero-order valence-corrected chi connectivity index (χ0v) is 10.5. The Morgan fingerprint density at radius 1 is 1.42 bits per heavy atom. The van der Waals surface area contributed by atoms with Gasteiger partial charge in [-0.3, -0.25) is 0 Å². The second-order valence-electron chi connectivity index (χ2n) is 3.47. The van der Waals surface area contributed by atoms with E-state index in [-0.39, 0.29) is 27.9 Å². The number of aromatic nitrogens is 3. The van der Waals surface area contributed by atoms with Crippen molar-refractivity contribution < 1.29 is 13.9 Å². The highest BCUT2D eigenvalue weighted by Crippen LogP contribution is 2.24. The summed E-state index contributed by atoms with van der Waals surface area (Å²) in [4.78, 5) is 22.9. The molecule has 2 rings (SSSR count). The topological polar surface area (TPSA) is 91.0 Å². The molecular formula is C11H8ClFN4O2. The number of ether oxygens (including phenoxy) is 1. The summed E-state index contributed by atoms with van der Waals surface area (Å²) in [7, 11) is 1.14. The van der Waals surface area contributed by atoms with E-state index in [0.717, 1.165) is 13.2 Å². The lowest BCUT2D eigenvalue weighted by Gasteiger charge is -2.06. The third-order valence-electron chi connectivity index (χ3n) is 2.25. The normalized spacial score (nSPS) is 10.3. The molecule has 0 atom stereocenters. The molecule has 0 saturated carbocycles. The van der Waals surface area contributed by atoms with E-state index in [1.54, 1.807) is 0 Å². The van der Waals surface area contributed by atoms with Gasteiger partial charge in [0, 0.05) is 0 Å². The molecule has 19 heavy (non-hydrogen) atoms. The van der Waals surface area contributed by atoms with Gasteiger partial charge >= 0.3 is 5.97 Å². The van der Waals surface area contributed by atoms with Crippen molar-refractivity contribution in [1.82, 2.24) is 15.0 Å². The van der Waals surface area contributed by atoms with Crippen molar-refractivity contribution in [2.75, 3.05) is 12.8 Å². The molecule has 0 amide bonds. The average Bonchev–Trinajstić information content (AvgIpc) is 2.41. The number of nitrogens with zero attached hydrogens (tertiary/aromatic N) is 3. The first-order chi connectivity index (χ1) is 9.02. The maximum atomic E-state index is 14.2. The first-order valence-corrected chi connectivity index (χ1v) is 5.43. The molecule has 0 saturated heterocycles. The van der Waals surface area contributed by atoms with Crippen LogP contribution in [0.25, 0.3) is 11.4 Å². The molecule has 0 aliphatic heterocycles. The molecule has 0 unspecified atom stereocenters. The van der Waals surface area contributed by atoms with Gasteiger partial charge in [0.1, 0.15) is 27.9 Å². The largest absolute Gasteiger partial charge is 0.465 e. The number of carbonyl (C=O) groups is 1. The molecule has 8 heteroatoms. The first-order valence-electron chi connectivity index (χ1n) is 5.05. The van der Waals surface area contributed by atoms with Crippen LogP contribution in [0.15, 0.2) is 18.5 Å². The molecule has 0 spiro atoms. The lowest BCUT2D eigenvalue weighted by molar-refractivity contribution is 0.0595. The first kappa shape index (κ1) is 13.2. The summed E-state index contributed by atoms with van der Waals surface area (Å²) in [6.45, 7) is 0. The third kappa shape index (κ3) is 2.60. The highest BCUT2D eigenvalue weighted by Gasteiger charge is 2.20. The molecule has 0 fully saturated rings. The standard InChI is InChI=1S/C11H8ClFN4O2/c1-19-11(18)5-2-7(12)17-10(9(5)13)6-3-16-8(14)4-15-6/h2-4H,1H3,(H2,14,16). The zero-order valence-electron chi connectivity index (χ0n) is 9.72. The van der Waals surface area contributed by atoms with Crippen molar-refractivity contribution in [2.24, 2.45) is 0 Å². The van der Waals surface area contributed by atoms with Crippen molar-refractivity contribution in [1.29, 1.82) is 0 Å². The summed E-state index contributed by atoms with van der Waals surface area (Å²) >= 11 is 5.75. The fraction of sp³-hybridized carbons (Fsp3) is 0.0909. The Balaban J connectivity index is 2.60. The summed E-state index contributed by atoms with van der Waals surface area (Å²) in [6, 6.07) is 1.08. The molecule has 6 nitrogen and oxygen atoms in total. The Morgan fingerprint density at radius 2 is 2.16 bits per heavy atom. The summed E-state index contributed by atoms with van der Waals surface area (Å²) in [6.07, 6.45) is 2.48. The van der Waals surface area contributed by atoms with E-state index in [4.69, 9.17) is 17.3 Å². The summed E-state index contributed by atoms with van der Waals surface area (Å²) in [5.41, 5.74) is 4.98. The molecule has 2 aromatic heterocycles. The van der Waals surface area contributed by atoms with Gasteiger partial charge in [-0.25, -0.2) is 24.1 Å². The van der Waals surface area contributed by atoms with E-state index in [1.807, 2.05) is 0 Å². The van der Waals surface area contributed by atoms with Crippen LogP contribution in [0.2, 0.25) is 5.15 Å². The van der Waals surface area contributed by atoms with Gasteiger partial charge in [-0.15, -0.1) is 0 Å². The van der Waals surface area contributed by atoms with Crippen molar-refractivity contribution in [3.63, 3.8) is 0 Å². The van der Waals surface area contributed by atoms with Crippen LogP contribution in [-0.4, -0.2) is 28.0 Å². The average molecular weight is 283 g/mol. The van der Waals surface area contributed by atoms with E-state index in [0.29, 0.717) is 0 Å². The monoisotopic (exact) mass is 282 g/mol. The van der Waals surface area contributed by atoms with Crippen molar-refractivity contribution >= 4 is 23.4 Å². The molecule has 0 aromatic carbocycles. The number of rotatable bonds is 2. The van der Waals surface area contributed by atoms with Crippen LogP contribution in [0.4, 0.5) is 10.2 Å². The molecule has 2 aromatic rings. The minimum Gasteiger partial charge on any atom is -0.465 e. The Kier molecular flexibility index (Phi) is 3.57. The quantitative estimate of drug-likeness (QED) is 0.666. The number of methoxy groups -OCH3 is 1. The lowest BCUT2D eigenvalue weighted by Crippen LogP contribution is -2.07. The van der Waals surface area contributed by atoms with Crippen molar-refractivity contribution in [2.45, 2.75) is 0 Å². The van der Waals surface area contributed by atoms with Crippen LogP contribution in [0, 0.1) is 5.82 Å². The molecule has 2 N–H and O–H groups in total. The van der Waals surface area contributed by atoms with Gasteiger partial charge < -0.3 is 10.5 Å². The summed E-state index contributed by atoms with van der Waals surface area (Å²) in [5.74, 6) is -1.55. The van der Waals surface area contributed by atoms with Gasteiger partial charge in [-0.05, 0) is 6.07 Å². The molecule has 98 valence electrons. The Bertz CT molecular complexity index is 633. The van der Waals surface area contributed by atoms with Crippen LogP contribution >= 0.6 is 11.6 Å². The number of esters is 1. The number of nitrogens with two attached hydrogens (primary N) is 1. The van der Waals surface area contributed by atoms with Crippen LogP contribution < -0.4 is 5.73 Å². The van der Waals surface area contributed by atoms with E-state index in [1.165, 1.54) is 12.4 Å². The number of carbonyl (C=O) groups excluding carboxylic acids is 1. The molecule has 0 aliphatic rings. The predicted octanol–water partition coefficient (Wildman–Crippen LogP) is 1.70. The number of hydrogen-bond acceptors (Lipinski definition) is 6. The lowest BCUT2D eigenvalue weighted by atomic mass is 10.2. The van der Waals surface area contributed by atoms with Gasteiger partial charge in [0.15, 0.2) is 5.82 Å². The van der Waals surface area contributed by atoms with Gasteiger partial charge in [-0.2, -0.15) is 0 Å². The summed E-state index contributed by atoms with van der Waals surface area (Å²) < 4.78 is 18.6. The number of hydrogen-bond donors (Lipinski definition) is 1. The van der Waals surface area contributed by atoms with Gasteiger partial charge in [0.2, 0.25) is 0 Å². The summed E-state index contributed by atoms with van der Waals surface area (Å²) in [5, 5.41) is -0.0598. The van der Waals surface area contributed by atoms with Crippen LogP contribution in [0.5, 0.6) is 0 Å². The number of anilines is 1. The highest BCUT2D eigenvalue weighted by molar-refractivity contribution is 6.29. The van der Waals surface area contributed by atoms with E-state index < -0.39 is 11.8 Å². The molecule has 0 aliphatic carbocycles. The third-order valence-corrected chi connectivity index (χ3v) is 2.44. The van der Waals surface area contributed by atoms with Gasteiger partial charge in [-0.1, -0.05) is 11.6 Å².